The molecule has 2 atom stereocenters. The van der Waals surface area contributed by atoms with Crippen LogP contribution in [0.15, 0.2) is 100 Å². The Balaban J connectivity index is 1.56. The van der Waals surface area contributed by atoms with Gasteiger partial charge in [-0.2, -0.15) is 5.10 Å². The Labute approximate surface area is 209 Å². The Morgan fingerprint density at radius 2 is 1.83 bits per heavy atom. The van der Waals surface area contributed by atoms with E-state index in [0.717, 1.165) is 15.9 Å². The normalized spacial score (nSPS) is 14.0. The fourth-order valence-electron chi connectivity index (χ4n) is 4.15. The minimum atomic E-state index is -1.98. The lowest BCUT2D eigenvalue weighted by Gasteiger charge is -2.35. The molecule has 0 saturated heterocycles. The molecule has 0 aliphatic rings. The lowest BCUT2D eigenvalue weighted by atomic mass is 9.86. The molecule has 7 nitrogen and oxygen atoms in total. The first-order valence-electron chi connectivity index (χ1n) is 11.1. The molecule has 36 heavy (non-hydrogen) atoms. The monoisotopic (exact) mass is 505 g/mol. The maximum atomic E-state index is 14.9. The first-order valence-corrected chi connectivity index (χ1v) is 11.9. The summed E-state index contributed by atoms with van der Waals surface area (Å²) < 4.78 is 31.1. The van der Waals surface area contributed by atoms with Gasteiger partial charge in [-0.25, -0.2) is 23.4 Å². The van der Waals surface area contributed by atoms with Crippen molar-refractivity contribution >= 4 is 22.7 Å². The number of fused-ring (bicyclic) bond motifs is 1. The summed E-state index contributed by atoms with van der Waals surface area (Å²) in [7, 11) is 0. The number of hydrogen-bond acceptors (Lipinski definition) is 6. The summed E-state index contributed by atoms with van der Waals surface area (Å²) in [4.78, 5) is 23.8. The molecule has 5 rings (SSSR count). The van der Waals surface area contributed by atoms with E-state index in [2.05, 4.69) is 15.1 Å². The van der Waals surface area contributed by atoms with Crippen molar-refractivity contribution in [2.24, 2.45) is 0 Å². The highest BCUT2D eigenvalue weighted by molar-refractivity contribution is 7.99. The summed E-state index contributed by atoms with van der Waals surface area (Å²) in [6.45, 7) is 1.35. The molecule has 3 aromatic carbocycles. The largest absolute Gasteiger partial charge is 0.381 e. The van der Waals surface area contributed by atoms with Crippen LogP contribution >= 0.6 is 11.8 Å². The molecule has 5 aromatic rings. The van der Waals surface area contributed by atoms with Crippen LogP contribution in [0.3, 0.4) is 0 Å². The number of rotatable bonds is 7. The van der Waals surface area contributed by atoms with Gasteiger partial charge in [0.1, 0.15) is 29.9 Å². The van der Waals surface area contributed by atoms with Crippen LogP contribution in [0.5, 0.6) is 0 Å². The summed E-state index contributed by atoms with van der Waals surface area (Å²) in [5.41, 5.74) is -2.05. The Hall–Kier alpha value is -3.89. The van der Waals surface area contributed by atoms with Crippen LogP contribution in [0, 0.1) is 11.6 Å². The van der Waals surface area contributed by atoms with Gasteiger partial charge in [0.2, 0.25) is 0 Å². The average molecular weight is 506 g/mol. The third-order valence-corrected chi connectivity index (χ3v) is 7.11. The summed E-state index contributed by atoms with van der Waals surface area (Å²) in [5, 5.41) is 16.2. The van der Waals surface area contributed by atoms with E-state index in [1.165, 1.54) is 34.3 Å². The summed E-state index contributed by atoms with van der Waals surface area (Å²) in [5.74, 6) is -1.71. The smallest absolute Gasteiger partial charge is 0.261 e. The van der Waals surface area contributed by atoms with Crippen LogP contribution in [-0.4, -0.2) is 29.4 Å². The van der Waals surface area contributed by atoms with Gasteiger partial charge < -0.3 is 5.11 Å². The van der Waals surface area contributed by atoms with Crippen molar-refractivity contribution in [2.75, 3.05) is 0 Å². The molecule has 0 aliphatic heterocycles. The Kier molecular flexibility index (Phi) is 6.38. The maximum absolute atomic E-state index is 14.9. The van der Waals surface area contributed by atoms with E-state index in [4.69, 9.17) is 0 Å². The van der Waals surface area contributed by atoms with Crippen LogP contribution in [0.2, 0.25) is 0 Å². The minimum Gasteiger partial charge on any atom is -0.381 e. The highest BCUT2D eigenvalue weighted by atomic mass is 32.2. The average Bonchev–Trinajstić information content (AvgIpc) is 3.37. The van der Waals surface area contributed by atoms with Crippen molar-refractivity contribution in [3.8, 4) is 0 Å². The molecule has 10 heteroatoms. The van der Waals surface area contributed by atoms with Crippen molar-refractivity contribution in [2.45, 2.75) is 34.9 Å². The number of aromatic nitrogens is 5. The number of benzene rings is 3. The second-order valence-corrected chi connectivity index (χ2v) is 9.52. The Morgan fingerprint density at radius 1 is 1.03 bits per heavy atom. The second-order valence-electron chi connectivity index (χ2n) is 8.37. The van der Waals surface area contributed by atoms with E-state index in [-0.39, 0.29) is 12.1 Å². The molecule has 0 aliphatic carbocycles. The fraction of sp³-hybridized carbons (Fsp3) is 0.154. The molecule has 0 fully saturated rings. The SMILES string of the molecule is C[C@@H](n1cnc2cc(Sc3ccccc3)ccc2c1=O)[C@](O)(Cn1cncn1)c1ccc(F)cc1F. The third-order valence-electron chi connectivity index (χ3n) is 6.11. The van der Waals surface area contributed by atoms with Gasteiger partial charge in [-0.1, -0.05) is 36.0 Å². The highest BCUT2D eigenvalue weighted by Gasteiger charge is 2.41. The topological polar surface area (TPSA) is 85.8 Å². The van der Waals surface area contributed by atoms with Crippen molar-refractivity contribution in [3.05, 3.63) is 113 Å². The Bertz CT molecular complexity index is 1580. The van der Waals surface area contributed by atoms with Gasteiger partial charge in [0.25, 0.3) is 5.56 Å². The molecule has 1 N–H and O–H groups in total. The molecule has 182 valence electrons. The quantitative estimate of drug-likeness (QED) is 0.349. The van der Waals surface area contributed by atoms with Crippen molar-refractivity contribution < 1.29 is 13.9 Å². The minimum absolute atomic E-state index is 0.173. The second kappa shape index (κ2) is 9.63. The summed E-state index contributed by atoms with van der Waals surface area (Å²) in [6.07, 6.45) is 3.98. The van der Waals surface area contributed by atoms with E-state index < -0.39 is 28.8 Å². The lowest BCUT2D eigenvalue weighted by Crippen LogP contribution is -2.43. The van der Waals surface area contributed by atoms with E-state index in [1.807, 2.05) is 42.5 Å². The zero-order valence-electron chi connectivity index (χ0n) is 19.1. The van der Waals surface area contributed by atoms with Gasteiger partial charge in [-0.05, 0) is 43.3 Å². The highest BCUT2D eigenvalue weighted by Crippen LogP contribution is 2.36. The zero-order valence-corrected chi connectivity index (χ0v) is 19.9. The fourth-order valence-corrected chi connectivity index (χ4v) is 5.03. The molecule has 2 aromatic heterocycles. The van der Waals surface area contributed by atoms with Crippen LogP contribution in [0.1, 0.15) is 18.5 Å². The van der Waals surface area contributed by atoms with Gasteiger partial charge in [-0.3, -0.25) is 9.36 Å². The molecule has 0 saturated carbocycles. The van der Waals surface area contributed by atoms with Gasteiger partial charge in [0.05, 0.1) is 29.8 Å². The molecule has 0 bridgehead atoms. The molecular formula is C26H21F2N5O2S. The predicted molar refractivity (Wildman–Crippen MR) is 132 cm³/mol. The number of nitrogens with zero attached hydrogens (tertiary/aromatic N) is 5. The lowest BCUT2D eigenvalue weighted by molar-refractivity contribution is -0.0343. The number of hydrogen-bond donors (Lipinski definition) is 1. The summed E-state index contributed by atoms with van der Waals surface area (Å²) >= 11 is 1.55. The Morgan fingerprint density at radius 3 is 2.56 bits per heavy atom. The third kappa shape index (κ3) is 4.52. The van der Waals surface area contributed by atoms with Crippen LogP contribution in [0.4, 0.5) is 8.78 Å². The van der Waals surface area contributed by atoms with Crippen LogP contribution < -0.4 is 5.56 Å². The standard InChI is InChI=1S/C26H21F2N5O2S/c1-17(26(35,13-32-15-29-14-31-32)22-10-7-18(27)11-23(22)28)33-16-30-24-12-20(8-9-21(24)25(33)34)36-19-5-3-2-4-6-19/h2-12,14-17,35H,13H2,1H3/t17-,26-/m1/s1. The van der Waals surface area contributed by atoms with Crippen LogP contribution in [-0.2, 0) is 12.1 Å². The maximum Gasteiger partial charge on any atom is 0.261 e. The van der Waals surface area contributed by atoms with E-state index in [1.54, 1.807) is 24.8 Å². The van der Waals surface area contributed by atoms with E-state index in [0.29, 0.717) is 17.0 Å². The van der Waals surface area contributed by atoms with Gasteiger partial charge in [0.15, 0.2) is 0 Å². The van der Waals surface area contributed by atoms with Crippen LogP contribution in [0.25, 0.3) is 10.9 Å². The molecule has 0 radical (unpaired) electrons. The van der Waals surface area contributed by atoms with Gasteiger partial charge >= 0.3 is 0 Å². The van der Waals surface area contributed by atoms with Gasteiger partial charge in [-0.15, -0.1) is 0 Å². The number of aliphatic hydroxyl groups is 1. The van der Waals surface area contributed by atoms with Crippen molar-refractivity contribution in [1.29, 1.82) is 0 Å². The number of halogens is 2. The molecule has 2 heterocycles. The van der Waals surface area contributed by atoms with E-state index >= 15 is 0 Å². The predicted octanol–water partition coefficient (Wildman–Crippen LogP) is 4.57. The molecule has 0 spiro atoms. The summed E-state index contributed by atoms with van der Waals surface area (Å²) in [6, 6.07) is 17.1. The van der Waals surface area contributed by atoms with Gasteiger partial charge in [0, 0.05) is 21.4 Å². The van der Waals surface area contributed by atoms with Crippen molar-refractivity contribution in [1.82, 2.24) is 24.3 Å². The van der Waals surface area contributed by atoms with Crippen molar-refractivity contribution in [3.63, 3.8) is 0 Å². The molecular weight excluding hydrogens is 484 g/mol. The molecule has 0 unspecified atom stereocenters. The zero-order chi connectivity index (χ0) is 25.3. The first-order chi connectivity index (χ1) is 17.3. The first kappa shape index (κ1) is 23.8. The van der Waals surface area contributed by atoms with E-state index in [9.17, 15) is 18.7 Å². The molecule has 0 amide bonds.